The summed E-state index contributed by atoms with van der Waals surface area (Å²) >= 11 is 0. The summed E-state index contributed by atoms with van der Waals surface area (Å²) in [5.41, 5.74) is 0. The molecule has 5 atom stereocenters. The molecular weight excluding hydrogens is 232 g/mol. The zero-order valence-electron chi connectivity index (χ0n) is 10.0. The molecule has 1 aliphatic rings. The van der Waals surface area contributed by atoms with Crippen LogP contribution >= 0.6 is 0 Å². The summed E-state index contributed by atoms with van der Waals surface area (Å²) in [6.45, 7) is 0.847. The van der Waals surface area contributed by atoms with Crippen LogP contribution in [0.2, 0.25) is 0 Å². The number of aliphatic hydroxyl groups is 2. The predicted molar refractivity (Wildman–Crippen MR) is 55.1 cm³/mol. The second kappa shape index (κ2) is 6.27. The van der Waals surface area contributed by atoms with Gasteiger partial charge in [0.2, 0.25) is 0 Å². The summed E-state index contributed by atoms with van der Waals surface area (Å²) in [6, 6.07) is 0. The highest BCUT2D eigenvalue weighted by Crippen LogP contribution is 2.26. The van der Waals surface area contributed by atoms with E-state index < -0.39 is 43.3 Å². The van der Waals surface area contributed by atoms with Gasteiger partial charge in [0.1, 0.15) is 18.3 Å². The van der Waals surface area contributed by atoms with Crippen molar-refractivity contribution in [2.24, 2.45) is 0 Å². The van der Waals surface area contributed by atoms with Gasteiger partial charge in [-0.2, -0.15) is 0 Å². The van der Waals surface area contributed by atoms with Crippen molar-refractivity contribution < 1.29 is 34.0 Å². The van der Waals surface area contributed by atoms with Crippen LogP contribution in [0.5, 0.6) is 0 Å². The third kappa shape index (κ3) is 3.14. The van der Waals surface area contributed by atoms with Crippen molar-refractivity contribution in [3.8, 4) is 0 Å². The van der Waals surface area contributed by atoms with Gasteiger partial charge in [-0.15, -0.1) is 0 Å². The lowest BCUT2D eigenvalue weighted by Gasteiger charge is -2.42. The highest BCUT2D eigenvalue weighted by molar-refractivity contribution is 5.66. The monoisotopic (exact) mass is 250 g/mol. The van der Waals surface area contributed by atoms with E-state index in [1.165, 1.54) is 21.1 Å². The minimum absolute atomic E-state index is 0.398. The molecule has 0 aromatic heterocycles. The lowest BCUT2D eigenvalue weighted by atomic mass is 9.98. The topological polar surface area (TPSA) is 94.5 Å². The fraction of sp³-hybridized carbons (Fsp3) is 0.900. The van der Waals surface area contributed by atoms with E-state index in [0.29, 0.717) is 0 Å². The number of carbonyl (C=O) groups is 1. The number of carbonyl (C=O) groups excluding carboxylic acids is 1. The molecule has 7 nitrogen and oxygen atoms in total. The van der Waals surface area contributed by atoms with Gasteiger partial charge in [-0.1, -0.05) is 0 Å². The number of hydrogen-bond acceptors (Lipinski definition) is 7. The maximum Gasteiger partial charge on any atom is 0.303 e. The lowest BCUT2D eigenvalue weighted by molar-refractivity contribution is -0.298. The molecule has 1 unspecified atom stereocenters. The molecule has 1 heterocycles. The second-order valence-corrected chi connectivity index (χ2v) is 3.72. The van der Waals surface area contributed by atoms with Gasteiger partial charge < -0.3 is 29.2 Å². The van der Waals surface area contributed by atoms with Gasteiger partial charge in [0.05, 0.1) is 6.61 Å². The first-order valence-corrected chi connectivity index (χ1v) is 5.22. The molecule has 2 N–H and O–H groups in total. The van der Waals surface area contributed by atoms with Gasteiger partial charge in [-0.25, -0.2) is 0 Å². The van der Waals surface area contributed by atoms with Gasteiger partial charge in [0.25, 0.3) is 0 Å². The molecule has 0 amide bonds. The minimum atomic E-state index is -1.24. The van der Waals surface area contributed by atoms with Crippen molar-refractivity contribution in [3.05, 3.63) is 0 Å². The van der Waals surface area contributed by atoms with E-state index in [1.54, 1.807) is 0 Å². The van der Waals surface area contributed by atoms with Crippen molar-refractivity contribution in [2.45, 2.75) is 37.6 Å². The molecule has 1 fully saturated rings. The number of rotatable bonds is 4. The summed E-state index contributed by atoms with van der Waals surface area (Å²) in [4.78, 5) is 11.0. The van der Waals surface area contributed by atoms with E-state index in [2.05, 4.69) is 0 Å². The zero-order valence-corrected chi connectivity index (χ0v) is 10.0. The molecule has 0 saturated carbocycles. The smallest absolute Gasteiger partial charge is 0.303 e. The first-order valence-electron chi connectivity index (χ1n) is 5.22. The number of aliphatic hydroxyl groups excluding tert-OH is 2. The van der Waals surface area contributed by atoms with Gasteiger partial charge in [-0.05, 0) is 0 Å². The van der Waals surface area contributed by atoms with Crippen molar-refractivity contribution in [1.29, 1.82) is 0 Å². The highest BCUT2D eigenvalue weighted by atomic mass is 16.7. The third-order valence-corrected chi connectivity index (χ3v) is 2.64. The standard InChI is InChI=1S/C10H18O7/c1-5(12)16-7-6(4-11)17-10(13)9(15-3)8(7)14-2/h6-11,13H,4H2,1-3H3/t6-,7-,8+,9-,10?/m1/s1. The summed E-state index contributed by atoms with van der Waals surface area (Å²) in [5.74, 6) is -0.523. The molecule has 1 saturated heterocycles. The quantitative estimate of drug-likeness (QED) is 0.596. The summed E-state index contributed by atoms with van der Waals surface area (Å²) in [7, 11) is 2.78. The Bertz CT molecular complexity index is 257. The molecule has 0 aliphatic carbocycles. The average molecular weight is 250 g/mol. The Morgan fingerprint density at radius 1 is 1.24 bits per heavy atom. The normalized spacial score (nSPS) is 37.8. The molecule has 7 heteroatoms. The van der Waals surface area contributed by atoms with Crippen LogP contribution < -0.4 is 0 Å². The largest absolute Gasteiger partial charge is 0.457 e. The summed E-state index contributed by atoms with van der Waals surface area (Å²) in [5, 5.41) is 18.8. The van der Waals surface area contributed by atoms with Crippen molar-refractivity contribution in [1.82, 2.24) is 0 Å². The maximum absolute atomic E-state index is 11.0. The van der Waals surface area contributed by atoms with Gasteiger partial charge in [-0.3, -0.25) is 4.79 Å². The first kappa shape index (κ1) is 14.3. The predicted octanol–water partition coefficient (Wildman–Crippen LogP) is -1.34. The number of hydrogen-bond donors (Lipinski definition) is 2. The Balaban J connectivity index is 2.88. The van der Waals surface area contributed by atoms with Gasteiger partial charge in [0.15, 0.2) is 12.4 Å². The SMILES string of the molecule is CO[C@H]1[C@H](OC(C)=O)[C@@H](CO)OC(O)[C@@H]1OC. The van der Waals surface area contributed by atoms with E-state index in [0.717, 1.165) is 0 Å². The Labute approximate surface area is 99.2 Å². The molecule has 17 heavy (non-hydrogen) atoms. The Morgan fingerprint density at radius 2 is 1.82 bits per heavy atom. The zero-order chi connectivity index (χ0) is 13.0. The fourth-order valence-corrected chi connectivity index (χ4v) is 1.90. The Hall–Kier alpha value is -0.730. The van der Waals surface area contributed by atoms with Crippen molar-refractivity contribution >= 4 is 5.97 Å². The van der Waals surface area contributed by atoms with Crippen molar-refractivity contribution in [3.63, 3.8) is 0 Å². The van der Waals surface area contributed by atoms with Gasteiger partial charge >= 0.3 is 5.97 Å². The van der Waals surface area contributed by atoms with Crippen LogP contribution in [0.4, 0.5) is 0 Å². The lowest BCUT2D eigenvalue weighted by Crippen LogP contribution is -2.61. The second-order valence-electron chi connectivity index (χ2n) is 3.72. The van der Waals surface area contributed by atoms with E-state index >= 15 is 0 Å². The summed E-state index contributed by atoms with van der Waals surface area (Å²) in [6.07, 6.45) is -4.40. The number of ether oxygens (including phenoxy) is 4. The van der Waals surface area contributed by atoms with Crippen LogP contribution in [0.1, 0.15) is 6.92 Å². The van der Waals surface area contributed by atoms with E-state index in [-0.39, 0.29) is 0 Å². The molecule has 1 aliphatic heterocycles. The third-order valence-electron chi connectivity index (χ3n) is 2.64. The molecule has 0 aromatic carbocycles. The van der Waals surface area contributed by atoms with Crippen LogP contribution in [0.15, 0.2) is 0 Å². The molecule has 0 bridgehead atoms. The molecular formula is C10H18O7. The Kier molecular flexibility index (Phi) is 5.29. The number of methoxy groups -OCH3 is 2. The Morgan fingerprint density at radius 3 is 2.24 bits per heavy atom. The van der Waals surface area contributed by atoms with Gasteiger partial charge in [0, 0.05) is 21.1 Å². The molecule has 100 valence electrons. The van der Waals surface area contributed by atoms with Crippen LogP contribution in [0.25, 0.3) is 0 Å². The van der Waals surface area contributed by atoms with E-state index in [4.69, 9.17) is 24.1 Å². The average Bonchev–Trinajstić information content (AvgIpc) is 2.29. The van der Waals surface area contributed by atoms with Crippen LogP contribution in [0, 0.1) is 0 Å². The molecule has 0 aromatic rings. The maximum atomic E-state index is 11.0. The summed E-state index contributed by atoms with van der Waals surface area (Å²) < 4.78 is 20.3. The fourth-order valence-electron chi connectivity index (χ4n) is 1.90. The van der Waals surface area contributed by atoms with Crippen molar-refractivity contribution in [2.75, 3.05) is 20.8 Å². The minimum Gasteiger partial charge on any atom is -0.457 e. The van der Waals surface area contributed by atoms with E-state index in [1.807, 2.05) is 0 Å². The van der Waals surface area contributed by atoms with E-state index in [9.17, 15) is 9.90 Å². The molecule has 0 radical (unpaired) electrons. The van der Waals surface area contributed by atoms with Crippen LogP contribution in [-0.4, -0.2) is 67.7 Å². The first-order chi connectivity index (χ1) is 8.04. The highest BCUT2D eigenvalue weighted by Gasteiger charge is 2.47. The number of esters is 1. The van der Waals surface area contributed by atoms with Crippen LogP contribution in [-0.2, 0) is 23.7 Å². The van der Waals surface area contributed by atoms with Crippen LogP contribution in [0.3, 0.4) is 0 Å². The molecule has 0 spiro atoms. The molecule has 1 rings (SSSR count).